The van der Waals surface area contributed by atoms with E-state index in [1.54, 1.807) is 36.4 Å². The number of carbonyl (C=O) groups excluding carboxylic acids is 1. The van der Waals surface area contributed by atoms with Crippen molar-refractivity contribution in [1.82, 2.24) is 10.2 Å². The normalized spacial score (nSPS) is 10.5. The van der Waals surface area contributed by atoms with E-state index >= 15 is 0 Å². The topological polar surface area (TPSA) is 77.2 Å². The molecule has 1 amide bonds. The van der Waals surface area contributed by atoms with Gasteiger partial charge in [0.2, 0.25) is 11.8 Å². The molecule has 0 aliphatic rings. The molecule has 0 unspecified atom stereocenters. The largest absolute Gasteiger partial charge is 0.484 e. The smallest absolute Gasteiger partial charge is 0.262 e. The number of aryl methyl sites for hydroxylation is 1. The lowest BCUT2D eigenvalue weighted by Gasteiger charge is -2.08. The van der Waals surface area contributed by atoms with Gasteiger partial charge in [0.1, 0.15) is 11.6 Å². The molecule has 0 aliphatic carbocycles. The Morgan fingerprint density at radius 3 is 2.60 bits per heavy atom. The van der Waals surface area contributed by atoms with Gasteiger partial charge in [-0.3, -0.25) is 4.79 Å². The van der Waals surface area contributed by atoms with Crippen LogP contribution in [-0.4, -0.2) is 22.7 Å². The van der Waals surface area contributed by atoms with E-state index in [4.69, 9.17) is 9.15 Å². The molecule has 7 heteroatoms. The van der Waals surface area contributed by atoms with Gasteiger partial charge in [-0.1, -0.05) is 19.1 Å². The molecule has 6 nitrogen and oxygen atoms in total. The number of hydrogen-bond acceptors (Lipinski definition) is 5. The number of ether oxygens (including phenoxy) is 1. The van der Waals surface area contributed by atoms with E-state index in [0.717, 1.165) is 5.56 Å². The Labute approximate surface area is 143 Å². The van der Waals surface area contributed by atoms with Crippen LogP contribution in [0, 0.1) is 5.82 Å². The number of carbonyl (C=O) groups is 1. The minimum Gasteiger partial charge on any atom is -0.484 e. The minimum absolute atomic E-state index is 0.120. The number of nitrogens with one attached hydrogen (secondary N) is 1. The fourth-order valence-electron chi connectivity index (χ4n) is 2.10. The van der Waals surface area contributed by atoms with Gasteiger partial charge in [0.05, 0.1) is 5.69 Å². The maximum absolute atomic E-state index is 13.5. The number of aromatic nitrogens is 2. The van der Waals surface area contributed by atoms with Crippen LogP contribution in [-0.2, 0) is 11.2 Å². The summed E-state index contributed by atoms with van der Waals surface area (Å²) in [5.41, 5.74) is 0.880. The van der Waals surface area contributed by atoms with Gasteiger partial charge >= 0.3 is 0 Å². The van der Waals surface area contributed by atoms with Crippen LogP contribution >= 0.6 is 0 Å². The molecule has 1 N–H and O–H groups in total. The van der Waals surface area contributed by atoms with E-state index in [-0.39, 0.29) is 12.3 Å². The molecule has 0 aliphatic heterocycles. The van der Waals surface area contributed by atoms with Gasteiger partial charge < -0.3 is 14.5 Å². The molecule has 1 heterocycles. The zero-order valence-corrected chi connectivity index (χ0v) is 13.5. The van der Waals surface area contributed by atoms with Crippen molar-refractivity contribution in [2.24, 2.45) is 0 Å². The van der Waals surface area contributed by atoms with Gasteiger partial charge in [0, 0.05) is 12.0 Å². The highest BCUT2D eigenvalue weighted by Crippen LogP contribution is 2.21. The van der Waals surface area contributed by atoms with Gasteiger partial charge in [-0.15, -0.1) is 10.2 Å². The lowest BCUT2D eigenvalue weighted by atomic mass is 10.2. The Balaban J connectivity index is 1.56. The molecule has 0 fully saturated rings. The fraction of sp³-hybridized carbons (Fsp3) is 0.167. The molecule has 1 aromatic heterocycles. The number of halogens is 1. The summed E-state index contributed by atoms with van der Waals surface area (Å²) in [6, 6.07) is 12.9. The first-order chi connectivity index (χ1) is 12.2. The van der Waals surface area contributed by atoms with Gasteiger partial charge in [-0.2, -0.15) is 0 Å². The number of anilines is 1. The van der Waals surface area contributed by atoms with Gasteiger partial charge in [0.25, 0.3) is 5.91 Å². The second kappa shape index (κ2) is 7.57. The molecule has 3 rings (SSSR count). The molecule has 128 valence electrons. The summed E-state index contributed by atoms with van der Waals surface area (Å²) in [6.45, 7) is 1.70. The minimum atomic E-state index is -0.494. The second-order valence-corrected chi connectivity index (χ2v) is 5.20. The summed E-state index contributed by atoms with van der Waals surface area (Å²) >= 11 is 0. The first kappa shape index (κ1) is 16.6. The predicted octanol–water partition coefficient (Wildman–Crippen LogP) is 3.46. The Hall–Kier alpha value is -3.22. The van der Waals surface area contributed by atoms with Crippen LogP contribution in [0.1, 0.15) is 12.8 Å². The number of nitrogens with zero attached hydrogens (tertiary/aromatic N) is 2. The van der Waals surface area contributed by atoms with Crippen molar-refractivity contribution in [2.75, 3.05) is 11.9 Å². The van der Waals surface area contributed by atoms with Gasteiger partial charge in [-0.25, -0.2) is 4.39 Å². The molecule has 0 atom stereocenters. The van der Waals surface area contributed by atoms with Crippen molar-refractivity contribution in [2.45, 2.75) is 13.3 Å². The monoisotopic (exact) mass is 341 g/mol. The summed E-state index contributed by atoms with van der Waals surface area (Å²) in [7, 11) is 0. The van der Waals surface area contributed by atoms with Crippen LogP contribution < -0.4 is 10.1 Å². The van der Waals surface area contributed by atoms with Crippen molar-refractivity contribution in [3.8, 4) is 17.2 Å². The number of amides is 1. The maximum atomic E-state index is 13.5. The third-order valence-electron chi connectivity index (χ3n) is 3.39. The average molecular weight is 341 g/mol. The summed E-state index contributed by atoms with van der Waals surface area (Å²) in [5, 5.41) is 10.3. The Morgan fingerprint density at radius 1 is 1.16 bits per heavy atom. The van der Waals surface area contributed by atoms with Crippen LogP contribution in [0.15, 0.2) is 52.9 Å². The first-order valence-corrected chi connectivity index (χ1v) is 7.75. The highest BCUT2D eigenvalue weighted by atomic mass is 19.1. The first-order valence-electron chi connectivity index (χ1n) is 7.75. The summed E-state index contributed by atoms with van der Waals surface area (Å²) in [5.74, 6) is 0.563. The molecule has 0 saturated carbocycles. The zero-order chi connectivity index (χ0) is 17.6. The molecule has 0 spiro atoms. The average Bonchev–Trinajstić information content (AvgIpc) is 3.12. The molecule has 0 radical (unpaired) electrons. The number of para-hydroxylation sites is 1. The van der Waals surface area contributed by atoms with Crippen LogP contribution in [0.25, 0.3) is 11.5 Å². The molecule has 3 aromatic rings. The van der Waals surface area contributed by atoms with Gasteiger partial charge in [0.15, 0.2) is 6.61 Å². The van der Waals surface area contributed by atoms with E-state index < -0.39 is 11.7 Å². The summed E-state index contributed by atoms with van der Waals surface area (Å²) in [4.78, 5) is 11.8. The Bertz CT molecular complexity index is 862. The molecule has 0 bridgehead atoms. The van der Waals surface area contributed by atoms with Crippen molar-refractivity contribution >= 4 is 11.6 Å². The maximum Gasteiger partial charge on any atom is 0.262 e. The SMILES string of the molecule is CCc1nnc(-c2ccc(OCC(=O)Nc3ccccc3F)cc2)o1. The highest BCUT2D eigenvalue weighted by Gasteiger charge is 2.09. The molecule has 2 aromatic carbocycles. The van der Waals surface area contributed by atoms with E-state index in [1.807, 2.05) is 6.92 Å². The van der Waals surface area contributed by atoms with Crippen molar-refractivity contribution in [3.63, 3.8) is 0 Å². The highest BCUT2D eigenvalue weighted by molar-refractivity contribution is 5.91. The standard InChI is InChI=1S/C18H16FN3O3/c1-2-17-21-22-18(25-17)12-7-9-13(10-8-12)24-11-16(23)20-15-6-4-3-5-14(15)19/h3-10H,2,11H2,1H3,(H,20,23). The quantitative estimate of drug-likeness (QED) is 0.743. The number of benzene rings is 2. The predicted molar refractivity (Wildman–Crippen MR) is 89.6 cm³/mol. The van der Waals surface area contributed by atoms with Crippen LogP contribution in [0.2, 0.25) is 0 Å². The van der Waals surface area contributed by atoms with Crippen LogP contribution in [0.4, 0.5) is 10.1 Å². The zero-order valence-electron chi connectivity index (χ0n) is 13.5. The lowest BCUT2D eigenvalue weighted by molar-refractivity contribution is -0.118. The van der Waals surface area contributed by atoms with Gasteiger partial charge in [-0.05, 0) is 36.4 Å². The fourth-order valence-corrected chi connectivity index (χ4v) is 2.10. The Kier molecular flexibility index (Phi) is 5.03. The summed E-state index contributed by atoms with van der Waals surface area (Å²) in [6.07, 6.45) is 0.672. The molecular formula is C18H16FN3O3. The Morgan fingerprint density at radius 2 is 1.92 bits per heavy atom. The van der Waals surface area contributed by atoms with Crippen molar-refractivity contribution in [3.05, 3.63) is 60.2 Å². The van der Waals surface area contributed by atoms with E-state index in [1.165, 1.54) is 12.1 Å². The summed E-state index contributed by atoms with van der Waals surface area (Å²) < 4.78 is 24.3. The number of rotatable bonds is 6. The van der Waals surface area contributed by atoms with Crippen LogP contribution in [0.3, 0.4) is 0 Å². The van der Waals surface area contributed by atoms with Crippen LogP contribution in [0.5, 0.6) is 5.75 Å². The van der Waals surface area contributed by atoms with E-state index in [0.29, 0.717) is 24.0 Å². The number of hydrogen-bond donors (Lipinski definition) is 1. The molecular weight excluding hydrogens is 325 g/mol. The second-order valence-electron chi connectivity index (χ2n) is 5.20. The van der Waals surface area contributed by atoms with Crippen molar-refractivity contribution < 1.29 is 18.3 Å². The van der Waals surface area contributed by atoms with E-state index in [2.05, 4.69) is 15.5 Å². The third-order valence-corrected chi connectivity index (χ3v) is 3.39. The molecule has 25 heavy (non-hydrogen) atoms. The lowest BCUT2D eigenvalue weighted by Crippen LogP contribution is -2.20. The van der Waals surface area contributed by atoms with Crippen molar-refractivity contribution in [1.29, 1.82) is 0 Å². The molecule has 0 saturated heterocycles. The van der Waals surface area contributed by atoms with E-state index in [9.17, 15) is 9.18 Å². The third kappa shape index (κ3) is 4.20.